The summed E-state index contributed by atoms with van der Waals surface area (Å²) in [5, 5.41) is 4.02. The van der Waals surface area contributed by atoms with Gasteiger partial charge in [-0.05, 0) is 31.5 Å². The van der Waals surface area contributed by atoms with Gasteiger partial charge in [0.15, 0.2) is 0 Å². The Bertz CT molecular complexity index is 357. The molecular weight excluding hydrogens is 234 g/mol. The topological polar surface area (TPSA) is 41.3 Å². The van der Waals surface area contributed by atoms with Crippen LogP contribution in [0.1, 0.15) is 19.8 Å². The van der Waals surface area contributed by atoms with E-state index in [4.69, 9.17) is 17.3 Å². The van der Waals surface area contributed by atoms with Gasteiger partial charge in [0.2, 0.25) is 0 Å². The molecule has 0 atom stereocenters. The van der Waals surface area contributed by atoms with Crippen LogP contribution in [0.4, 0.5) is 11.4 Å². The quantitative estimate of drug-likeness (QED) is 0.766. The van der Waals surface area contributed by atoms with Crippen molar-refractivity contribution in [2.45, 2.75) is 25.8 Å². The zero-order chi connectivity index (χ0) is 12.3. The Kier molecular flexibility index (Phi) is 4.13. The lowest BCUT2D eigenvalue weighted by Gasteiger charge is -2.20. The molecule has 0 aliphatic heterocycles. The number of nitrogens with one attached hydrogen (secondary N) is 1. The summed E-state index contributed by atoms with van der Waals surface area (Å²) in [6.45, 7) is 5.26. The molecule has 0 spiro atoms. The standard InChI is InChI=1S/C13H20ClN3/c1-2-17(10-6-7-10)9-8-16-13-11(14)4-3-5-12(13)15/h3-5,10,16H,2,6-9,15H2,1H3. The fourth-order valence-corrected chi connectivity index (χ4v) is 2.34. The van der Waals surface area contributed by atoms with Crippen LogP contribution in [0.3, 0.4) is 0 Å². The van der Waals surface area contributed by atoms with E-state index in [-0.39, 0.29) is 0 Å². The number of nitrogen functional groups attached to an aromatic ring is 1. The summed E-state index contributed by atoms with van der Waals surface area (Å²) in [6.07, 6.45) is 2.70. The number of nitrogens with zero attached hydrogens (tertiary/aromatic N) is 1. The zero-order valence-corrected chi connectivity index (χ0v) is 11.0. The van der Waals surface area contributed by atoms with Crippen LogP contribution in [0.15, 0.2) is 18.2 Å². The van der Waals surface area contributed by atoms with Crippen LogP contribution in [0.2, 0.25) is 5.02 Å². The van der Waals surface area contributed by atoms with E-state index < -0.39 is 0 Å². The second-order valence-electron chi connectivity index (χ2n) is 4.49. The minimum atomic E-state index is 0.694. The molecule has 0 aromatic heterocycles. The summed E-state index contributed by atoms with van der Waals surface area (Å²) in [6, 6.07) is 6.40. The molecular formula is C13H20ClN3. The van der Waals surface area contributed by atoms with Crippen LogP contribution in [0.5, 0.6) is 0 Å². The number of benzene rings is 1. The van der Waals surface area contributed by atoms with Crippen molar-refractivity contribution in [3.05, 3.63) is 23.2 Å². The number of halogens is 1. The molecule has 4 heteroatoms. The molecule has 2 rings (SSSR count). The second-order valence-corrected chi connectivity index (χ2v) is 4.90. The summed E-state index contributed by atoms with van der Waals surface area (Å²) < 4.78 is 0. The molecule has 1 aromatic rings. The first kappa shape index (κ1) is 12.5. The molecule has 1 aromatic carbocycles. The lowest BCUT2D eigenvalue weighted by atomic mass is 10.2. The maximum absolute atomic E-state index is 6.10. The first-order valence-corrected chi connectivity index (χ1v) is 6.62. The lowest BCUT2D eigenvalue weighted by molar-refractivity contribution is 0.289. The molecule has 0 saturated heterocycles. The summed E-state index contributed by atoms with van der Waals surface area (Å²) in [7, 11) is 0. The highest BCUT2D eigenvalue weighted by Gasteiger charge is 2.27. The van der Waals surface area contributed by atoms with Crippen molar-refractivity contribution in [1.82, 2.24) is 4.90 Å². The zero-order valence-electron chi connectivity index (χ0n) is 10.2. The van der Waals surface area contributed by atoms with Crippen molar-refractivity contribution in [3.63, 3.8) is 0 Å². The molecule has 3 N–H and O–H groups in total. The van der Waals surface area contributed by atoms with Gasteiger partial charge in [-0.25, -0.2) is 0 Å². The Morgan fingerprint density at radius 1 is 1.47 bits per heavy atom. The first-order valence-electron chi connectivity index (χ1n) is 6.24. The van der Waals surface area contributed by atoms with Gasteiger partial charge in [0.05, 0.1) is 16.4 Å². The summed E-state index contributed by atoms with van der Waals surface area (Å²) in [5.74, 6) is 0. The minimum absolute atomic E-state index is 0.694. The number of nitrogens with two attached hydrogens (primary N) is 1. The van der Waals surface area contributed by atoms with Crippen molar-refractivity contribution >= 4 is 23.0 Å². The molecule has 1 aliphatic carbocycles. The normalized spacial score (nSPS) is 15.2. The van der Waals surface area contributed by atoms with Crippen molar-refractivity contribution in [1.29, 1.82) is 0 Å². The fraction of sp³-hybridized carbons (Fsp3) is 0.538. The highest BCUT2D eigenvalue weighted by atomic mass is 35.5. The Balaban J connectivity index is 1.85. The highest BCUT2D eigenvalue weighted by molar-refractivity contribution is 6.33. The van der Waals surface area contributed by atoms with Crippen LogP contribution in [-0.2, 0) is 0 Å². The molecule has 0 radical (unpaired) electrons. The van der Waals surface area contributed by atoms with Crippen molar-refractivity contribution in [2.24, 2.45) is 0 Å². The van der Waals surface area contributed by atoms with E-state index in [2.05, 4.69) is 17.1 Å². The number of rotatable bonds is 6. The Labute approximate surface area is 108 Å². The van der Waals surface area contributed by atoms with Gasteiger partial charge in [-0.15, -0.1) is 0 Å². The second kappa shape index (κ2) is 5.61. The third-order valence-electron chi connectivity index (χ3n) is 3.22. The first-order chi connectivity index (χ1) is 8.22. The Morgan fingerprint density at radius 2 is 2.24 bits per heavy atom. The van der Waals surface area contributed by atoms with Gasteiger partial charge < -0.3 is 11.1 Å². The fourth-order valence-electron chi connectivity index (χ4n) is 2.09. The van der Waals surface area contributed by atoms with Crippen LogP contribution < -0.4 is 11.1 Å². The van der Waals surface area contributed by atoms with Gasteiger partial charge in [0.1, 0.15) is 0 Å². The Morgan fingerprint density at radius 3 is 2.82 bits per heavy atom. The molecule has 0 unspecified atom stereocenters. The highest BCUT2D eigenvalue weighted by Crippen LogP contribution is 2.28. The van der Waals surface area contributed by atoms with Crippen molar-refractivity contribution < 1.29 is 0 Å². The van der Waals surface area contributed by atoms with Crippen LogP contribution >= 0.6 is 11.6 Å². The number of likely N-dealkylation sites (N-methyl/N-ethyl adjacent to an activating group) is 1. The minimum Gasteiger partial charge on any atom is -0.397 e. The number of para-hydroxylation sites is 1. The van der Waals surface area contributed by atoms with Gasteiger partial charge in [-0.2, -0.15) is 0 Å². The van der Waals surface area contributed by atoms with E-state index >= 15 is 0 Å². The van der Waals surface area contributed by atoms with E-state index in [0.29, 0.717) is 10.7 Å². The molecule has 0 heterocycles. The van der Waals surface area contributed by atoms with Gasteiger partial charge in [0, 0.05) is 19.1 Å². The van der Waals surface area contributed by atoms with E-state index in [0.717, 1.165) is 31.4 Å². The van der Waals surface area contributed by atoms with Crippen LogP contribution in [0, 0.1) is 0 Å². The van der Waals surface area contributed by atoms with E-state index in [9.17, 15) is 0 Å². The molecule has 3 nitrogen and oxygen atoms in total. The molecule has 1 aliphatic rings. The average Bonchev–Trinajstić information content (AvgIpc) is 3.12. The largest absolute Gasteiger partial charge is 0.397 e. The molecule has 17 heavy (non-hydrogen) atoms. The SMILES string of the molecule is CCN(CCNc1c(N)cccc1Cl)C1CC1. The summed E-state index contributed by atoms with van der Waals surface area (Å²) in [4.78, 5) is 2.50. The maximum atomic E-state index is 6.10. The molecule has 0 amide bonds. The maximum Gasteiger partial charge on any atom is 0.0763 e. The molecule has 1 saturated carbocycles. The summed E-state index contributed by atoms with van der Waals surface area (Å²) >= 11 is 6.10. The number of hydrogen-bond acceptors (Lipinski definition) is 3. The van der Waals surface area contributed by atoms with Gasteiger partial charge in [-0.3, -0.25) is 4.90 Å². The number of hydrogen-bond donors (Lipinski definition) is 2. The third-order valence-corrected chi connectivity index (χ3v) is 3.53. The molecule has 0 bridgehead atoms. The predicted molar refractivity (Wildman–Crippen MR) is 74.6 cm³/mol. The van der Waals surface area contributed by atoms with Crippen molar-refractivity contribution in [3.8, 4) is 0 Å². The van der Waals surface area contributed by atoms with Crippen LogP contribution in [0.25, 0.3) is 0 Å². The van der Waals surface area contributed by atoms with E-state index in [1.54, 1.807) is 0 Å². The average molecular weight is 254 g/mol. The van der Waals surface area contributed by atoms with E-state index in [1.165, 1.54) is 12.8 Å². The smallest absolute Gasteiger partial charge is 0.0763 e. The van der Waals surface area contributed by atoms with E-state index in [1.807, 2.05) is 18.2 Å². The monoisotopic (exact) mass is 253 g/mol. The summed E-state index contributed by atoms with van der Waals surface area (Å²) in [5.41, 5.74) is 7.46. The lowest BCUT2D eigenvalue weighted by Crippen LogP contribution is -2.31. The Hall–Kier alpha value is -0.930. The number of anilines is 2. The third kappa shape index (κ3) is 3.27. The predicted octanol–water partition coefficient (Wildman–Crippen LogP) is 2.82. The van der Waals surface area contributed by atoms with Gasteiger partial charge in [0.25, 0.3) is 0 Å². The molecule has 94 valence electrons. The van der Waals surface area contributed by atoms with Crippen molar-refractivity contribution in [2.75, 3.05) is 30.7 Å². The van der Waals surface area contributed by atoms with Gasteiger partial charge >= 0.3 is 0 Å². The van der Waals surface area contributed by atoms with Crippen LogP contribution in [-0.4, -0.2) is 30.6 Å². The van der Waals surface area contributed by atoms with Gasteiger partial charge in [-0.1, -0.05) is 24.6 Å². The molecule has 1 fully saturated rings.